The molecule has 0 aromatic rings. The van der Waals surface area contributed by atoms with Crippen LogP contribution in [0.4, 0.5) is 0 Å². The van der Waals surface area contributed by atoms with E-state index >= 15 is 0 Å². The van der Waals surface area contributed by atoms with Crippen molar-refractivity contribution < 1.29 is 0 Å². The summed E-state index contributed by atoms with van der Waals surface area (Å²) in [6.07, 6.45) is 29.3. The Balaban J connectivity index is 0.000000441. The Kier molecular flexibility index (Phi) is 21.0. The molecule has 0 heterocycles. The SMILES string of the molecule is CCCCCCCCCC1CC1.CCCCCCCCCCCC. The molecule has 1 saturated carbocycles. The van der Waals surface area contributed by atoms with Crippen LogP contribution in [0.15, 0.2) is 0 Å². The summed E-state index contributed by atoms with van der Waals surface area (Å²) in [4.78, 5) is 0. The predicted octanol–water partition coefficient (Wildman–Crippen LogP) is 9.46. The van der Waals surface area contributed by atoms with Crippen molar-refractivity contribution in [2.24, 2.45) is 5.92 Å². The maximum atomic E-state index is 2.28. The molecule has 0 N–H and O–H groups in total. The second kappa shape index (κ2) is 21.0. The first kappa shape index (κ1) is 24.0. The van der Waals surface area contributed by atoms with E-state index in [2.05, 4.69) is 20.8 Å². The summed E-state index contributed by atoms with van der Waals surface area (Å²) in [6.45, 7) is 6.84. The van der Waals surface area contributed by atoms with E-state index in [-0.39, 0.29) is 0 Å². The molecule has 0 aromatic carbocycles. The van der Waals surface area contributed by atoms with Crippen molar-refractivity contribution in [3.8, 4) is 0 Å². The maximum absolute atomic E-state index is 2.28. The third-order valence-electron chi connectivity index (χ3n) is 5.37. The molecule has 0 nitrogen and oxygen atoms in total. The lowest BCUT2D eigenvalue weighted by atomic mass is 10.1. The molecular formula is C24H50. The van der Waals surface area contributed by atoms with E-state index in [1.165, 1.54) is 128 Å². The molecule has 1 aliphatic carbocycles. The van der Waals surface area contributed by atoms with Crippen LogP contribution in [0.5, 0.6) is 0 Å². The van der Waals surface area contributed by atoms with E-state index in [4.69, 9.17) is 0 Å². The van der Waals surface area contributed by atoms with Gasteiger partial charge in [0.25, 0.3) is 0 Å². The normalized spacial score (nSPS) is 13.6. The van der Waals surface area contributed by atoms with E-state index < -0.39 is 0 Å². The predicted molar refractivity (Wildman–Crippen MR) is 113 cm³/mol. The lowest BCUT2D eigenvalue weighted by Crippen LogP contribution is -1.81. The highest BCUT2D eigenvalue weighted by Crippen LogP contribution is 2.34. The summed E-state index contributed by atoms with van der Waals surface area (Å²) >= 11 is 0. The molecule has 146 valence electrons. The van der Waals surface area contributed by atoms with E-state index in [1.807, 2.05) is 0 Å². The Morgan fingerprint density at radius 1 is 0.417 bits per heavy atom. The Morgan fingerprint density at radius 3 is 1.00 bits per heavy atom. The highest BCUT2D eigenvalue weighted by molar-refractivity contribution is 4.72. The summed E-state index contributed by atoms with van der Waals surface area (Å²) < 4.78 is 0. The van der Waals surface area contributed by atoms with Crippen molar-refractivity contribution >= 4 is 0 Å². The summed E-state index contributed by atoms with van der Waals surface area (Å²) in [5, 5.41) is 0. The minimum Gasteiger partial charge on any atom is -0.0654 e. The summed E-state index contributed by atoms with van der Waals surface area (Å²) in [5.74, 6) is 1.15. The van der Waals surface area contributed by atoms with Crippen LogP contribution in [-0.4, -0.2) is 0 Å². The monoisotopic (exact) mass is 338 g/mol. The molecule has 0 amide bonds. The molecule has 0 saturated heterocycles. The quantitative estimate of drug-likeness (QED) is 0.232. The topological polar surface area (TPSA) is 0 Å². The third-order valence-corrected chi connectivity index (χ3v) is 5.37. The van der Waals surface area contributed by atoms with Crippen LogP contribution < -0.4 is 0 Å². The van der Waals surface area contributed by atoms with Crippen LogP contribution in [0, 0.1) is 5.92 Å². The van der Waals surface area contributed by atoms with Crippen LogP contribution in [0.1, 0.15) is 149 Å². The Labute approximate surface area is 155 Å². The molecule has 1 rings (SSSR count). The zero-order valence-electron chi connectivity index (χ0n) is 17.7. The van der Waals surface area contributed by atoms with E-state index in [1.54, 1.807) is 0 Å². The second-order valence-electron chi connectivity index (χ2n) is 8.18. The lowest BCUT2D eigenvalue weighted by molar-refractivity contribution is 0.558. The molecule has 1 fully saturated rings. The van der Waals surface area contributed by atoms with Crippen LogP contribution >= 0.6 is 0 Å². The standard InChI is InChI=1S/C12H24.C12H26/c1-2-3-4-5-6-7-8-9-12-10-11-12;1-3-5-7-9-11-12-10-8-6-4-2/h12H,2-11H2,1H3;3-12H2,1-2H3. The average molecular weight is 339 g/mol. The molecule has 0 atom stereocenters. The molecule has 0 aromatic heterocycles. The van der Waals surface area contributed by atoms with Crippen molar-refractivity contribution in [1.29, 1.82) is 0 Å². The van der Waals surface area contributed by atoms with Gasteiger partial charge in [0, 0.05) is 0 Å². The fourth-order valence-electron chi connectivity index (χ4n) is 3.36. The first-order valence-corrected chi connectivity index (χ1v) is 11.8. The highest BCUT2D eigenvalue weighted by Gasteiger charge is 2.19. The fourth-order valence-corrected chi connectivity index (χ4v) is 3.36. The number of unbranched alkanes of at least 4 members (excludes halogenated alkanes) is 15. The molecule has 0 aliphatic heterocycles. The first-order chi connectivity index (χ1) is 11.8. The van der Waals surface area contributed by atoms with Gasteiger partial charge in [-0.05, 0) is 5.92 Å². The van der Waals surface area contributed by atoms with Crippen molar-refractivity contribution in [1.82, 2.24) is 0 Å². The van der Waals surface area contributed by atoms with Gasteiger partial charge in [0.15, 0.2) is 0 Å². The molecule has 0 unspecified atom stereocenters. The van der Waals surface area contributed by atoms with Crippen LogP contribution in [0.3, 0.4) is 0 Å². The van der Waals surface area contributed by atoms with E-state index in [0.29, 0.717) is 0 Å². The van der Waals surface area contributed by atoms with Gasteiger partial charge in [-0.25, -0.2) is 0 Å². The molecule has 24 heavy (non-hydrogen) atoms. The zero-order valence-corrected chi connectivity index (χ0v) is 17.7. The van der Waals surface area contributed by atoms with Crippen molar-refractivity contribution in [3.63, 3.8) is 0 Å². The molecular weight excluding hydrogens is 288 g/mol. The smallest absolute Gasteiger partial charge is 0.0414 e. The van der Waals surface area contributed by atoms with Gasteiger partial charge >= 0.3 is 0 Å². The van der Waals surface area contributed by atoms with E-state index in [9.17, 15) is 0 Å². The molecule has 0 bridgehead atoms. The fraction of sp³-hybridized carbons (Fsp3) is 1.00. The largest absolute Gasteiger partial charge is 0.0654 e. The number of hydrogen-bond donors (Lipinski definition) is 0. The van der Waals surface area contributed by atoms with Gasteiger partial charge in [-0.3, -0.25) is 0 Å². The van der Waals surface area contributed by atoms with Crippen molar-refractivity contribution in [2.45, 2.75) is 149 Å². The number of rotatable bonds is 17. The van der Waals surface area contributed by atoms with Gasteiger partial charge in [0.2, 0.25) is 0 Å². The minimum absolute atomic E-state index is 1.15. The molecule has 0 spiro atoms. The second-order valence-corrected chi connectivity index (χ2v) is 8.18. The lowest BCUT2D eigenvalue weighted by Gasteiger charge is -1.99. The molecule has 1 aliphatic rings. The van der Waals surface area contributed by atoms with Crippen molar-refractivity contribution in [2.75, 3.05) is 0 Å². The van der Waals surface area contributed by atoms with Gasteiger partial charge in [-0.1, -0.05) is 149 Å². The van der Waals surface area contributed by atoms with Crippen LogP contribution in [0.25, 0.3) is 0 Å². The van der Waals surface area contributed by atoms with Gasteiger partial charge < -0.3 is 0 Å². The maximum Gasteiger partial charge on any atom is -0.0414 e. The van der Waals surface area contributed by atoms with Gasteiger partial charge in [0.05, 0.1) is 0 Å². The third kappa shape index (κ3) is 22.0. The van der Waals surface area contributed by atoms with Gasteiger partial charge in [0.1, 0.15) is 0 Å². The summed E-state index contributed by atoms with van der Waals surface area (Å²) in [7, 11) is 0. The molecule has 0 radical (unpaired) electrons. The Hall–Kier alpha value is 0. The Morgan fingerprint density at radius 2 is 0.708 bits per heavy atom. The average Bonchev–Trinajstić information content (AvgIpc) is 3.41. The highest BCUT2D eigenvalue weighted by atomic mass is 14.3. The van der Waals surface area contributed by atoms with Gasteiger partial charge in [-0.15, -0.1) is 0 Å². The number of hydrogen-bond acceptors (Lipinski definition) is 0. The van der Waals surface area contributed by atoms with E-state index in [0.717, 1.165) is 5.92 Å². The van der Waals surface area contributed by atoms with Crippen molar-refractivity contribution in [3.05, 3.63) is 0 Å². The summed E-state index contributed by atoms with van der Waals surface area (Å²) in [5.41, 5.74) is 0. The zero-order chi connectivity index (χ0) is 17.7. The molecule has 0 heteroatoms. The minimum atomic E-state index is 1.15. The van der Waals surface area contributed by atoms with Crippen LogP contribution in [0.2, 0.25) is 0 Å². The summed E-state index contributed by atoms with van der Waals surface area (Å²) in [6, 6.07) is 0. The van der Waals surface area contributed by atoms with Gasteiger partial charge in [-0.2, -0.15) is 0 Å². The van der Waals surface area contributed by atoms with Crippen LogP contribution in [-0.2, 0) is 0 Å². The first-order valence-electron chi connectivity index (χ1n) is 11.8. The Bertz CT molecular complexity index is 194.